The Hall–Kier alpha value is -5.87. The molecule has 8 aromatic rings. The van der Waals surface area contributed by atoms with Crippen molar-refractivity contribution in [2.75, 3.05) is 0 Å². The highest BCUT2D eigenvalue weighted by atomic mass is 15.2. The molecule has 2 atom stereocenters. The lowest BCUT2D eigenvalue weighted by Crippen LogP contribution is -2.58. The lowest BCUT2D eigenvalue weighted by molar-refractivity contribution is -0.838. The van der Waals surface area contributed by atoms with Crippen LogP contribution in [0.4, 0.5) is 0 Å². The minimum Gasteiger partial charge on any atom is -0.340 e. The number of hydrogen-bond acceptors (Lipinski definition) is 0. The molecule has 2 unspecified atom stereocenters. The Labute approximate surface area is 306 Å². The van der Waals surface area contributed by atoms with Gasteiger partial charge in [-0.3, -0.25) is 0 Å². The van der Waals surface area contributed by atoms with Gasteiger partial charge >= 0.3 is 0 Å². The molecule has 4 heteroatoms. The van der Waals surface area contributed by atoms with Crippen LogP contribution in [0.5, 0.6) is 0 Å². The summed E-state index contributed by atoms with van der Waals surface area (Å²) in [4.78, 5) is 0. The summed E-state index contributed by atoms with van der Waals surface area (Å²) < 4.78 is 10.1. The van der Waals surface area contributed by atoms with Crippen LogP contribution in [0.3, 0.4) is 0 Å². The van der Waals surface area contributed by atoms with E-state index in [2.05, 4.69) is 204 Å². The van der Waals surface area contributed by atoms with E-state index in [-0.39, 0.29) is 12.1 Å². The van der Waals surface area contributed by atoms with Gasteiger partial charge in [0.05, 0.1) is 5.56 Å². The maximum absolute atomic E-state index is 2.54. The van der Waals surface area contributed by atoms with Crippen LogP contribution in [0.25, 0.3) is 55.6 Å². The van der Waals surface area contributed by atoms with Gasteiger partial charge in [-0.05, 0) is 79.4 Å². The van der Waals surface area contributed by atoms with E-state index in [4.69, 9.17) is 0 Å². The molecule has 9 rings (SSSR count). The van der Waals surface area contributed by atoms with Crippen LogP contribution in [0, 0.1) is 19.8 Å². The zero-order valence-corrected chi connectivity index (χ0v) is 30.4. The topological polar surface area (TPSA) is 16.6 Å². The Morgan fingerprint density at radius 3 is 2.06 bits per heavy atom. The fourth-order valence-electron chi connectivity index (χ4n) is 8.75. The molecule has 4 nitrogen and oxygen atoms in total. The van der Waals surface area contributed by atoms with Gasteiger partial charge in [-0.25, -0.2) is 0 Å². The minimum atomic E-state index is 0.0498. The molecule has 52 heavy (non-hydrogen) atoms. The molecule has 4 aromatic carbocycles. The monoisotopic (exact) mass is 677 g/mol. The number of benzene rings is 4. The summed E-state index contributed by atoms with van der Waals surface area (Å²) in [6, 6.07) is 51.6. The van der Waals surface area contributed by atoms with Crippen LogP contribution in [-0.2, 0) is 13.1 Å². The molecular formula is C48H45N4+3. The molecular weight excluding hydrogens is 633 g/mol. The standard InChI is InChI=1S/C48H45N4/c1-33(2)31-52-45-23-10-9-20-38(45)41-30-40(35(4)29-46(41)52)42-22-11-14-26-49(42)32-47(50-27-15-12-24-43(50)36-18-6-5-17-34(36)3)48-39-21-8-7-19-37(39)44-25-13-16-28-51(44)48/h5-30,33,47-48H,31-32H2,1-4H3/q+3. The van der Waals surface area contributed by atoms with Gasteiger partial charge in [-0.15, -0.1) is 0 Å². The maximum Gasteiger partial charge on any atom is 0.282 e. The predicted octanol–water partition coefficient (Wildman–Crippen LogP) is 9.78. The highest BCUT2D eigenvalue weighted by Gasteiger charge is 2.49. The quantitative estimate of drug-likeness (QED) is 0.143. The van der Waals surface area contributed by atoms with E-state index < -0.39 is 0 Å². The van der Waals surface area contributed by atoms with Crippen molar-refractivity contribution in [3.05, 3.63) is 175 Å². The Bertz CT molecular complexity index is 2570. The second-order valence-corrected chi connectivity index (χ2v) is 14.8. The summed E-state index contributed by atoms with van der Waals surface area (Å²) >= 11 is 0. The average Bonchev–Trinajstić information content (AvgIpc) is 3.66. The summed E-state index contributed by atoms with van der Waals surface area (Å²) in [6.45, 7) is 10.9. The van der Waals surface area contributed by atoms with Crippen LogP contribution in [0.1, 0.15) is 42.6 Å². The van der Waals surface area contributed by atoms with E-state index in [1.54, 1.807) is 0 Å². The second kappa shape index (κ2) is 13.0. The van der Waals surface area contributed by atoms with E-state index >= 15 is 0 Å². The average molecular weight is 678 g/mol. The Kier molecular flexibility index (Phi) is 8.03. The van der Waals surface area contributed by atoms with Gasteiger partial charge in [0.25, 0.3) is 12.1 Å². The van der Waals surface area contributed by atoms with Gasteiger partial charge in [0.2, 0.25) is 23.6 Å². The molecule has 0 saturated heterocycles. The third-order valence-corrected chi connectivity index (χ3v) is 11.0. The van der Waals surface area contributed by atoms with Gasteiger partial charge in [0.15, 0.2) is 18.6 Å². The van der Waals surface area contributed by atoms with Crippen molar-refractivity contribution in [1.29, 1.82) is 0 Å². The highest BCUT2D eigenvalue weighted by molar-refractivity contribution is 6.09. The first kappa shape index (κ1) is 32.1. The van der Waals surface area contributed by atoms with Gasteiger partial charge < -0.3 is 4.57 Å². The SMILES string of the molecule is Cc1cc2c(cc1-c1cccc[n+]1CC(C1c3ccccc3-c3cccc[n+]31)[n+]1ccccc1-c1ccccc1C)c1ccccc1n2CC(C)C. The van der Waals surface area contributed by atoms with E-state index in [0.717, 1.165) is 13.1 Å². The zero-order chi connectivity index (χ0) is 35.3. The van der Waals surface area contributed by atoms with Gasteiger partial charge in [0, 0.05) is 81.4 Å². The van der Waals surface area contributed by atoms with Gasteiger partial charge in [-0.2, -0.15) is 13.7 Å². The molecule has 0 spiro atoms. The van der Waals surface area contributed by atoms with Crippen molar-refractivity contribution in [1.82, 2.24) is 4.57 Å². The first-order valence-corrected chi connectivity index (χ1v) is 18.6. The lowest BCUT2D eigenvalue weighted by atomic mass is 9.95. The molecule has 0 amide bonds. The molecule has 5 heterocycles. The molecule has 4 aromatic heterocycles. The molecule has 0 fully saturated rings. The van der Waals surface area contributed by atoms with Crippen molar-refractivity contribution in [2.45, 2.75) is 52.9 Å². The fourth-order valence-corrected chi connectivity index (χ4v) is 8.75. The van der Waals surface area contributed by atoms with Crippen molar-refractivity contribution in [3.8, 4) is 33.8 Å². The second-order valence-electron chi connectivity index (χ2n) is 14.8. The number of rotatable bonds is 8. The molecule has 0 bridgehead atoms. The molecule has 0 saturated carbocycles. The van der Waals surface area contributed by atoms with Crippen LogP contribution in [0.15, 0.2) is 158 Å². The number of hydrogen-bond donors (Lipinski definition) is 0. The number of aryl methyl sites for hydroxylation is 2. The van der Waals surface area contributed by atoms with Gasteiger partial charge in [-0.1, -0.05) is 68.4 Å². The highest BCUT2D eigenvalue weighted by Crippen LogP contribution is 2.39. The molecule has 1 aliphatic heterocycles. The Morgan fingerprint density at radius 2 is 1.23 bits per heavy atom. The third kappa shape index (κ3) is 5.33. The largest absolute Gasteiger partial charge is 0.340 e. The van der Waals surface area contributed by atoms with E-state index in [9.17, 15) is 0 Å². The number of para-hydroxylation sites is 1. The molecule has 0 N–H and O–H groups in total. The van der Waals surface area contributed by atoms with Crippen molar-refractivity contribution >= 4 is 21.8 Å². The number of nitrogens with zero attached hydrogens (tertiary/aromatic N) is 4. The maximum atomic E-state index is 2.54. The number of aromatic nitrogens is 4. The van der Waals surface area contributed by atoms with E-state index in [1.165, 1.54) is 72.3 Å². The van der Waals surface area contributed by atoms with Crippen molar-refractivity contribution in [3.63, 3.8) is 0 Å². The number of pyridine rings is 3. The lowest BCUT2D eigenvalue weighted by Gasteiger charge is -2.19. The Morgan fingerprint density at radius 1 is 0.558 bits per heavy atom. The first-order chi connectivity index (χ1) is 25.5. The molecule has 0 radical (unpaired) electrons. The van der Waals surface area contributed by atoms with E-state index in [0.29, 0.717) is 5.92 Å². The Balaban J connectivity index is 1.25. The molecule has 254 valence electrons. The zero-order valence-electron chi connectivity index (χ0n) is 30.4. The summed E-state index contributed by atoms with van der Waals surface area (Å²) in [5, 5.41) is 2.63. The molecule has 0 aliphatic carbocycles. The van der Waals surface area contributed by atoms with Crippen molar-refractivity contribution < 1.29 is 13.7 Å². The summed E-state index contributed by atoms with van der Waals surface area (Å²) in [6.07, 6.45) is 6.84. The summed E-state index contributed by atoms with van der Waals surface area (Å²) in [5.74, 6) is 0.552. The minimum absolute atomic E-state index is 0.0498. The summed E-state index contributed by atoms with van der Waals surface area (Å²) in [5.41, 5.74) is 14.1. The molecule has 1 aliphatic rings. The van der Waals surface area contributed by atoms with Crippen LogP contribution in [0.2, 0.25) is 0 Å². The first-order valence-electron chi connectivity index (χ1n) is 18.6. The fraction of sp³-hybridized carbons (Fsp3) is 0.188. The predicted molar refractivity (Wildman–Crippen MR) is 211 cm³/mol. The van der Waals surface area contributed by atoms with Crippen molar-refractivity contribution in [2.24, 2.45) is 5.92 Å². The third-order valence-electron chi connectivity index (χ3n) is 11.0. The smallest absolute Gasteiger partial charge is 0.282 e. The summed E-state index contributed by atoms with van der Waals surface area (Å²) in [7, 11) is 0. The van der Waals surface area contributed by atoms with E-state index in [1.807, 2.05) is 0 Å². The van der Waals surface area contributed by atoms with Crippen LogP contribution < -0.4 is 13.7 Å². The van der Waals surface area contributed by atoms with Crippen LogP contribution in [-0.4, -0.2) is 4.57 Å². The van der Waals surface area contributed by atoms with Gasteiger partial charge in [0.1, 0.15) is 0 Å². The normalized spacial score (nSPS) is 14.2. The van der Waals surface area contributed by atoms with Crippen LogP contribution >= 0.6 is 0 Å². The number of fused-ring (bicyclic) bond motifs is 6.